The predicted molar refractivity (Wildman–Crippen MR) is 85.1 cm³/mol. The first-order chi connectivity index (χ1) is 10.6. The first-order valence-corrected chi connectivity index (χ1v) is 7.81. The minimum absolute atomic E-state index is 0.00188. The molecule has 0 aliphatic carbocycles. The maximum Gasteiger partial charge on any atom is 0.239 e. The van der Waals surface area contributed by atoms with E-state index in [0.29, 0.717) is 25.3 Å². The van der Waals surface area contributed by atoms with Gasteiger partial charge >= 0.3 is 0 Å². The van der Waals surface area contributed by atoms with Crippen LogP contribution in [0, 0.1) is 0 Å². The lowest BCUT2D eigenvalue weighted by molar-refractivity contribution is -0.120. The highest BCUT2D eigenvalue weighted by Gasteiger charge is 2.25. The number of nitrogens with two attached hydrogens (primary N) is 1. The summed E-state index contributed by atoms with van der Waals surface area (Å²) in [7, 11) is 0. The second-order valence-electron chi connectivity index (χ2n) is 5.98. The van der Waals surface area contributed by atoms with Crippen LogP contribution in [-0.4, -0.2) is 44.4 Å². The van der Waals surface area contributed by atoms with Gasteiger partial charge in [0.25, 0.3) is 0 Å². The molecule has 0 radical (unpaired) electrons. The minimum atomic E-state index is -0.00188. The molecule has 1 aromatic rings. The summed E-state index contributed by atoms with van der Waals surface area (Å²) in [5.41, 5.74) is 7.40. The molecule has 3 N–H and O–H groups in total. The molecule has 22 heavy (non-hydrogen) atoms. The summed E-state index contributed by atoms with van der Waals surface area (Å²) >= 11 is 0. The van der Waals surface area contributed by atoms with E-state index in [9.17, 15) is 4.79 Å². The van der Waals surface area contributed by atoms with Crippen molar-refractivity contribution in [2.75, 3.05) is 36.9 Å². The molecule has 2 atom stereocenters. The number of ether oxygens (including phenoxy) is 2. The molecule has 1 aromatic carbocycles. The van der Waals surface area contributed by atoms with Crippen molar-refractivity contribution in [3.05, 3.63) is 18.2 Å². The van der Waals surface area contributed by atoms with Gasteiger partial charge in [-0.2, -0.15) is 0 Å². The number of hydrogen-bond donors (Lipinski definition) is 2. The molecular formula is C16H23N3O3. The predicted octanol–water partition coefficient (Wildman–Crippen LogP) is 1.15. The number of nitrogen functional groups attached to an aromatic ring is 1. The molecule has 3 rings (SSSR count). The Hall–Kier alpha value is -1.95. The third-order valence-electron chi connectivity index (χ3n) is 4.01. The zero-order chi connectivity index (χ0) is 15.5. The van der Waals surface area contributed by atoms with Gasteiger partial charge in [-0.05, 0) is 38.0 Å². The third kappa shape index (κ3) is 3.44. The van der Waals surface area contributed by atoms with Crippen molar-refractivity contribution in [3.8, 4) is 5.75 Å². The highest BCUT2D eigenvalue weighted by molar-refractivity contribution is 5.82. The summed E-state index contributed by atoms with van der Waals surface area (Å²) in [6.07, 6.45) is 2.31. The normalized spacial score (nSPS) is 23.8. The van der Waals surface area contributed by atoms with Crippen LogP contribution in [0.15, 0.2) is 18.2 Å². The van der Waals surface area contributed by atoms with Crippen LogP contribution in [0.5, 0.6) is 5.75 Å². The lowest BCUT2D eigenvalue weighted by Gasteiger charge is -2.34. The van der Waals surface area contributed by atoms with Gasteiger partial charge in [0.1, 0.15) is 11.9 Å². The molecule has 2 aliphatic rings. The number of anilines is 2. The molecular weight excluding hydrogens is 282 g/mol. The molecule has 2 heterocycles. The van der Waals surface area contributed by atoms with E-state index in [1.54, 1.807) is 0 Å². The van der Waals surface area contributed by atoms with Crippen LogP contribution in [0.1, 0.15) is 19.8 Å². The Morgan fingerprint density at radius 2 is 2.36 bits per heavy atom. The summed E-state index contributed by atoms with van der Waals surface area (Å²) in [5.74, 6) is 0.776. The molecule has 1 fully saturated rings. The van der Waals surface area contributed by atoms with Crippen LogP contribution in [-0.2, 0) is 9.53 Å². The fourth-order valence-corrected chi connectivity index (χ4v) is 2.96. The number of amides is 1. The number of nitrogens with one attached hydrogen (secondary N) is 1. The molecule has 1 saturated heterocycles. The first kappa shape index (κ1) is 15.0. The molecule has 0 aromatic heterocycles. The van der Waals surface area contributed by atoms with E-state index < -0.39 is 0 Å². The smallest absolute Gasteiger partial charge is 0.239 e. The zero-order valence-corrected chi connectivity index (χ0v) is 12.9. The maximum absolute atomic E-state index is 12.2. The van der Waals surface area contributed by atoms with Crippen LogP contribution in [0.3, 0.4) is 0 Å². The van der Waals surface area contributed by atoms with E-state index in [0.717, 1.165) is 30.9 Å². The van der Waals surface area contributed by atoms with Crippen molar-refractivity contribution in [3.63, 3.8) is 0 Å². The SMILES string of the molecule is CC1CN(CC(=O)NCC2CCCO2)c2cc(N)ccc2O1. The number of carbonyl (C=O) groups excluding carboxylic acids is 1. The van der Waals surface area contributed by atoms with Crippen molar-refractivity contribution in [2.45, 2.75) is 32.0 Å². The van der Waals surface area contributed by atoms with E-state index in [1.807, 2.05) is 30.0 Å². The Labute approximate surface area is 130 Å². The summed E-state index contributed by atoms with van der Waals surface area (Å²) in [4.78, 5) is 14.2. The maximum atomic E-state index is 12.2. The van der Waals surface area contributed by atoms with Crippen LogP contribution in [0.25, 0.3) is 0 Å². The van der Waals surface area contributed by atoms with E-state index in [4.69, 9.17) is 15.2 Å². The molecule has 2 aliphatic heterocycles. The van der Waals surface area contributed by atoms with E-state index >= 15 is 0 Å². The molecule has 0 spiro atoms. The van der Waals surface area contributed by atoms with Gasteiger partial charge in [0.05, 0.1) is 24.9 Å². The van der Waals surface area contributed by atoms with Gasteiger partial charge in [-0.15, -0.1) is 0 Å². The van der Waals surface area contributed by atoms with Crippen molar-refractivity contribution in [1.82, 2.24) is 5.32 Å². The standard InChI is InChI=1S/C16H23N3O3/c1-11-9-19(14-7-12(17)4-5-15(14)22-11)10-16(20)18-8-13-3-2-6-21-13/h4-5,7,11,13H,2-3,6,8-10,17H2,1H3,(H,18,20). The molecule has 6 heteroatoms. The number of nitrogens with zero attached hydrogens (tertiary/aromatic N) is 1. The fraction of sp³-hybridized carbons (Fsp3) is 0.562. The summed E-state index contributed by atoms with van der Waals surface area (Å²) in [6, 6.07) is 5.53. The third-order valence-corrected chi connectivity index (χ3v) is 4.01. The largest absolute Gasteiger partial charge is 0.487 e. The van der Waals surface area contributed by atoms with Crippen LogP contribution in [0.2, 0.25) is 0 Å². The summed E-state index contributed by atoms with van der Waals surface area (Å²) < 4.78 is 11.3. The van der Waals surface area contributed by atoms with Gasteiger partial charge < -0.3 is 25.4 Å². The summed E-state index contributed by atoms with van der Waals surface area (Å²) in [5, 5.41) is 2.95. The second-order valence-corrected chi connectivity index (χ2v) is 5.98. The Morgan fingerprint density at radius 1 is 1.50 bits per heavy atom. The van der Waals surface area contributed by atoms with Crippen LogP contribution in [0.4, 0.5) is 11.4 Å². The first-order valence-electron chi connectivity index (χ1n) is 7.81. The summed E-state index contributed by atoms with van der Waals surface area (Å²) in [6.45, 7) is 4.36. The zero-order valence-electron chi connectivity index (χ0n) is 12.9. The molecule has 0 saturated carbocycles. The quantitative estimate of drug-likeness (QED) is 0.816. The number of carbonyl (C=O) groups is 1. The van der Waals surface area contributed by atoms with E-state index in [1.165, 1.54) is 0 Å². The number of fused-ring (bicyclic) bond motifs is 1. The molecule has 2 unspecified atom stereocenters. The van der Waals surface area contributed by atoms with Gasteiger partial charge in [-0.3, -0.25) is 4.79 Å². The Kier molecular flexibility index (Phi) is 4.38. The number of hydrogen-bond acceptors (Lipinski definition) is 5. The molecule has 0 bridgehead atoms. The van der Waals surface area contributed by atoms with Crippen molar-refractivity contribution in [1.29, 1.82) is 0 Å². The number of benzene rings is 1. The molecule has 1 amide bonds. The van der Waals surface area contributed by atoms with Gasteiger partial charge in [0.2, 0.25) is 5.91 Å². The lowest BCUT2D eigenvalue weighted by Crippen LogP contribution is -2.45. The van der Waals surface area contributed by atoms with E-state index in [2.05, 4.69) is 5.32 Å². The monoisotopic (exact) mass is 305 g/mol. The number of rotatable bonds is 4. The lowest BCUT2D eigenvalue weighted by atomic mass is 10.1. The Balaban J connectivity index is 1.61. The highest BCUT2D eigenvalue weighted by atomic mass is 16.5. The van der Waals surface area contributed by atoms with Gasteiger partial charge in [0, 0.05) is 18.8 Å². The van der Waals surface area contributed by atoms with Gasteiger partial charge in [0.15, 0.2) is 0 Å². The topological polar surface area (TPSA) is 76.8 Å². The second kappa shape index (κ2) is 6.44. The minimum Gasteiger partial charge on any atom is -0.487 e. The molecule has 6 nitrogen and oxygen atoms in total. The highest BCUT2D eigenvalue weighted by Crippen LogP contribution is 2.34. The fourth-order valence-electron chi connectivity index (χ4n) is 2.96. The van der Waals surface area contributed by atoms with Crippen molar-refractivity contribution in [2.24, 2.45) is 0 Å². The Bertz CT molecular complexity index is 543. The van der Waals surface area contributed by atoms with Crippen molar-refractivity contribution < 1.29 is 14.3 Å². The van der Waals surface area contributed by atoms with E-state index in [-0.39, 0.29) is 18.1 Å². The average Bonchev–Trinajstić information content (AvgIpc) is 2.99. The Morgan fingerprint density at radius 3 is 3.14 bits per heavy atom. The van der Waals surface area contributed by atoms with Crippen LogP contribution >= 0.6 is 0 Å². The molecule has 120 valence electrons. The average molecular weight is 305 g/mol. The van der Waals surface area contributed by atoms with Gasteiger partial charge in [-0.25, -0.2) is 0 Å². The van der Waals surface area contributed by atoms with Gasteiger partial charge in [-0.1, -0.05) is 0 Å². The van der Waals surface area contributed by atoms with Crippen LogP contribution < -0.4 is 20.7 Å². The van der Waals surface area contributed by atoms with Crippen molar-refractivity contribution >= 4 is 17.3 Å².